The van der Waals surface area contributed by atoms with E-state index < -0.39 is 0 Å². The Bertz CT molecular complexity index is 448. The van der Waals surface area contributed by atoms with Gasteiger partial charge in [-0.05, 0) is 13.1 Å². The summed E-state index contributed by atoms with van der Waals surface area (Å²) in [4.78, 5) is 10.7. The Kier molecular flexibility index (Phi) is 7.87. The molecule has 22 heavy (non-hydrogen) atoms. The molecule has 6 heteroatoms. The molecule has 2 N–H and O–H groups in total. The van der Waals surface area contributed by atoms with E-state index in [1.165, 1.54) is 0 Å². The van der Waals surface area contributed by atoms with Crippen molar-refractivity contribution in [3.8, 4) is 5.75 Å². The number of carboxylic acid groups (broad SMARTS) is 1. The Morgan fingerprint density at radius 3 is 2.59 bits per heavy atom. The van der Waals surface area contributed by atoms with Gasteiger partial charge >= 0.3 is 0 Å². The predicted molar refractivity (Wildman–Crippen MR) is 83.0 cm³/mol. The Balaban J connectivity index is 0.000000745. The molecule has 1 heterocycles. The van der Waals surface area contributed by atoms with Gasteiger partial charge in [0.15, 0.2) is 0 Å². The monoisotopic (exact) mass is 311 g/mol. The number of carbonyl (C=O) groups is 1. The first-order chi connectivity index (χ1) is 10.5. The lowest BCUT2D eigenvalue weighted by Gasteiger charge is -2.40. The molecule has 1 aromatic rings. The first kappa shape index (κ1) is 18.4. The molecule has 1 saturated heterocycles. The highest BCUT2D eigenvalue weighted by Crippen LogP contribution is 2.28. The highest BCUT2D eigenvalue weighted by Gasteiger charge is 2.34. The third-order valence-corrected chi connectivity index (χ3v) is 3.31. The quantitative estimate of drug-likeness (QED) is 0.737. The van der Waals surface area contributed by atoms with Gasteiger partial charge in [0.25, 0.3) is 6.47 Å². The minimum absolute atomic E-state index is 0.0413. The van der Waals surface area contributed by atoms with Gasteiger partial charge in [0.1, 0.15) is 12.4 Å². The molecule has 2 rings (SSSR count). The summed E-state index contributed by atoms with van der Waals surface area (Å²) in [6.45, 7) is 5.94. The summed E-state index contributed by atoms with van der Waals surface area (Å²) in [6, 6.07) is 8.00. The van der Waals surface area contributed by atoms with Gasteiger partial charge < -0.3 is 24.6 Å². The van der Waals surface area contributed by atoms with Crippen LogP contribution in [0.1, 0.15) is 12.5 Å². The zero-order valence-corrected chi connectivity index (χ0v) is 13.2. The molecule has 0 bridgehead atoms. The molecule has 0 aliphatic carbocycles. The van der Waals surface area contributed by atoms with Crippen molar-refractivity contribution in [2.24, 2.45) is 5.41 Å². The fourth-order valence-electron chi connectivity index (χ4n) is 2.47. The molecular formula is C16H25NO5. The Morgan fingerprint density at radius 2 is 2.05 bits per heavy atom. The molecular weight excluding hydrogens is 286 g/mol. The molecule has 0 aromatic heterocycles. The summed E-state index contributed by atoms with van der Waals surface area (Å²) in [5.41, 5.74) is 1.44. The zero-order chi connectivity index (χ0) is 16.4. The largest absolute Gasteiger partial charge is 0.491 e. The average Bonchev–Trinajstić information content (AvgIpc) is 2.45. The van der Waals surface area contributed by atoms with Crippen LogP contribution in [-0.4, -0.2) is 61.6 Å². The summed E-state index contributed by atoms with van der Waals surface area (Å²) >= 11 is 0. The lowest BCUT2D eigenvalue weighted by Crippen LogP contribution is -2.47. The first-order valence-electron chi connectivity index (χ1n) is 7.20. The van der Waals surface area contributed by atoms with E-state index in [1.54, 1.807) is 0 Å². The summed E-state index contributed by atoms with van der Waals surface area (Å²) in [5, 5.41) is 15.7. The molecule has 1 aliphatic heterocycles. The third kappa shape index (κ3) is 6.01. The molecule has 1 aromatic carbocycles. The van der Waals surface area contributed by atoms with E-state index in [4.69, 9.17) is 24.5 Å². The number of rotatable bonds is 7. The van der Waals surface area contributed by atoms with Crippen molar-refractivity contribution in [3.05, 3.63) is 29.8 Å². The highest BCUT2D eigenvalue weighted by molar-refractivity contribution is 5.33. The van der Waals surface area contributed by atoms with Crippen molar-refractivity contribution in [3.63, 3.8) is 0 Å². The summed E-state index contributed by atoms with van der Waals surface area (Å²) in [5.74, 6) is 0.860. The van der Waals surface area contributed by atoms with Crippen LogP contribution < -0.4 is 4.74 Å². The van der Waals surface area contributed by atoms with Gasteiger partial charge in [0, 0.05) is 24.1 Å². The van der Waals surface area contributed by atoms with Crippen molar-refractivity contribution in [1.29, 1.82) is 0 Å². The minimum Gasteiger partial charge on any atom is -0.491 e. The smallest absolute Gasteiger partial charge is 0.290 e. The van der Waals surface area contributed by atoms with Crippen molar-refractivity contribution in [1.82, 2.24) is 4.90 Å². The van der Waals surface area contributed by atoms with E-state index >= 15 is 0 Å². The van der Waals surface area contributed by atoms with Crippen LogP contribution in [0, 0.1) is 5.41 Å². The van der Waals surface area contributed by atoms with Crippen LogP contribution in [0.15, 0.2) is 24.3 Å². The standard InChI is InChI=1S/C15H23NO3.CH2O2/c1-15(11-18-12-15)10-16(2)9-13-5-3-4-6-14(13)19-8-7-17;2-1-3/h3-6,17H,7-12H2,1-2H3;1H,(H,2,3). The zero-order valence-electron chi connectivity index (χ0n) is 13.2. The molecule has 0 atom stereocenters. The van der Waals surface area contributed by atoms with Crippen molar-refractivity contribution in [2.45, 2.75) is 13.5 Å². The van der Waals surface area contributed by atoms with Gasteiger partial charge in [-0.3, -0.25) is 4.79 Å². The normalized spacial score (nSPS) is 15.5. The number of aliphatic hydroxyl groups is 1. The van der Waals surface area contributed by atoms with Crippen LogP contribution in [0.3, 0.4) is 0 Å². The predicted octanol–water partition coefficient (Wildman–Crippen LogP) is 1.23. The molecule has 0 radical (unpaired) electrons. The second-order valence-corrected chi connectivity index (χ2v) is 5.76. The Hall–Kier alpha value is -1.63. The Morgan fingerprint density at radius 1 is 1.41 bits per heavy atom. The number of ether oxygens (including phenoxy) is 2. The van der Waals surface area contributed by atoms with Crippen molar-refractivity contribution >= 4 is 6.47 Å². The van der Waals surface area contributed by atoms with Crippen LogP contribution in [0.5, 0.6) is 5.75 Å². The van der Waals surface area contributed by atoms with E-state index in [0.717, 1.165) is 37.6 Å². The fraction of sp³-hybridized carbons (Fsp3) is 0.562. The van der Waals surface area contributed by atoms with Crippen LogP contribution in [-0.2, 0) is 16.1 Å². The molecule has 1 aliphatic rings. The van der Waals surface area contributed by atoms with E-state index in [-0.39, 0.29) is 18.5 Å². The summed E-state index contributed by atoms with van der Waals surface area (Å²) < 4.78 is 10.8. The molecule has 124 valence electrons. The molecule has 1 fully saturated rings. The Labute approximate surface area is 131 Å². The fourth-order valence-corrected chi connectivity index (χ4v) is 2.47. The molecule has 6 nitrogen and oxygen atoms in total. The number of aliphatic hydroxyl groups excluding tert-OH is 1. The number of nitrogens with zero attached hydrogens (tertiary/aromatic N) is 1. The van der Waals surface area contributed by atoms with Crippen LogP contribution in [0.4, 0.5) is 0 Å². The average molecular weight is 311 g/mol. The van der Waals surface area contributed by atoms with E-state index in [0.29, 0.717) is 6.61 Å². The maximum Gasteiger partial charge on any atom is 0.290 e. The maximum atomic E-state index is 8.84. The number of hydrogen-bond donors (Lipinski definition) is 2. The molecule has 0 spiro atoms. The summed E-state index contributed by atoms with van der Waals surface area (Å²) in [7, 11) is 2.12. The van der Waals surface area contributed by atoms with Gasteiger partial charge in [0.2, 0.25) is 0 Å². The van der Waals surface area contributed by atoms with Gasteiger partial charge in [-0.25, -0.2) is 0 Å². The van der Waals surface area contributed by atoms with Gasteiger partial charge in [-0.15, -0.1) is 0 Å². The minimum atomic E-state index is -0.250. The molecule has 0 unspecified atom stereocenters. The lowest BCUT2D eigenvalue weighted by atomic mass is 9.88. The number of para-hydroxylation sites is 1. The lowest BCUT2D eigenvalue weighted by molar-refractivity contribution is -0.122. The second kappa shape index (κ2) is 9.40. The maximum absolute atomic E-state index is 8.84. The van der Waals surface area contributed by atoms with E-state index in [9.17, 15) is 0 Å². The summed E-state index contributed by atoms with van der Waals surface area (Å²) in [6.07, 6.45) is 0. The van der Waals surface area contributed by atoms with Crippen molar-refractivity contribution in [2.75, 3.05) is 40.0 Å². The van der Waals surface area contributed by atoms with Gasteiger partial charge in [0.05, 0.1) is 19.8 Å². The third-order valence-electron chi connectivity index (χ3n) is 3.31. The highest BCUT2D eigenvalue weighted by atomic mass is 16.5. The van der Waals surface area contributed by atoms with Crippen LogP contribution in [0.25, 0.3) is 0 Å². The van der Waals surface area contributed by atoms with E-state index in [2.05, 4.69) is 24.9 Å². The van der Waals surface area contributed by atoms with Crippen molar-refractivity contribution < 1.29 is 24.5 Å². The van der Waals surface area contributed by atoms with Gasteiger partial charge in [-0.2, -0.15) is 0 Å². The van der Waals surface area contributed by atoms with Gasteiger partial charge in [-0.1, -0.05) is 25.1 Å². The first-order valence-corrected chi connectivity index (χ1v) is 7.20. The number of benzene rings is 1. The number of hydrogen-bond acceptors (Lipinski definition) is 5. The SMILES string of the molecule is CN(Cc1ccccc1OCCO)CC1(C)COC1.O=CO. The van der Waals surface area contributed by atoms with E-state index in [1.807, 2.05) is 18.2 Å². The van der Waals surface area contributed by atoms with Crippen LogP contribution in [0.2, 0.25) is 0 Å². The molecule has 0 saturated carbocycles. The molecule has 0 amide bonds. The van der Waals surface area contributed by atoms with Crippen LogP contribution >= 0.6 is 0 Å². The topological polar surface area (TPSA) is 79.2 Å². The second-order valence-electron chi connectivity index (χ2n) is 5.76.